The van der Waals surface area contributed by atoms with Crippen LogP contribution < -0.4 is 0 Å². The Kier molecular flexibility index (Phi) is 6.95. The minimum atomic E-state index is -0.869. The minimum absolute atomic E-state index is 0.0280. The number of rotatable bonds is 8. The summed E-state index contributed by atoms with van der Waals surface area (Å²) in [6, 6.07) is 16.4. The molecule has 30 heavy (non-hydrogen) atoms. The Labute approximate surface area is 180 Å². The summed E-state index contributed by atoms with van der Waals surface area (Å²) in [4.78, 5) is 27.0. The van der Waals surface area contributed by atoms with Crippen LogP contribution in [0.4, 0.5) is 0 Å². The fraction of sp³-hybridized carbons (Fsp3) is 0.250. The molecule has 0 aliphatic carbocycles. The van der Waals surface area contributed by atoms with E-state index in [0.717, 1.165) is 33.5 Å². The smallest absolute Gasteiger partial charge is 0.307 e. The van der Waals surface area contributed by atoms with Crippen molar-refractivity contribution in [1.29, 1.82) is 0 Å². The van der Waals surface area contributed by atoms with E-state index in [9.17, 15) is 9.70 Å². The van der Waals surface area contributed by atoms with Crippen LogP contribution in [0.15, 0.2) is 66.0 Å². The zero-order valence-corrected chi connectivity index (χ0v) is 17.6. The van der Waals surface area contributed by atoms with Crippen LogP contribution in [0.3, 0.4) is 0 Å². The van der Waals surface area contributed by atoms with Crippen molar-refractivity contribution in [3.05, 3.63) is 104 Å². The van der Waals surface area contributed by atoms with Gasteiger partial charge in [-0.2, -0.15) is 4.91 Å². The summed E-state index contributed by atoms with van der Waals surface area (Å²) in [5.41, 5.74) is 5.47. The van der Waals surface area contributed by atoms with Gasteiger partial charge in [-0.15, -0.1) is 0 Å². The zero-order valence-electron chi connectivity index (χ0n) is 16.9. The molecule has 154 valence electrons. The van der Waals surface area contributed by atoms with Gasteiger partial charge in [-0.3, -0.25) is 9.78 Å². The molecule has 3 rings (SSSR count). The summed E-state index contributed by atoms with van der Waals surface area (Å²) in [7, 11) is 0. The van der Waals surface area contributed by atoms with E-state index in [-0.39, 0.29) is 12.3 Å². The number of aryl methyl sites for hydroxylation is 2. The minimum Gasteiger partial charge on any atom is -0.481 e. The van der Waals surface area contributed by atoms with E-state index >= 15 is 0 Å². The molecule has 0 amide bonds. The first-order valence-corrected chi connectivity index (χ1v) is 10.1. The lowest BCUT2D eigenvalue weighted by Gasteiger charge is -2.23. The van der Waals surface area contributed by atoms with Crippen LogP contribution in [0, 0.1) is 18.8 Å². The van der Waals surface area contributed by atoms with E-state index in [4.69, 9.17) is 16.7 Å². The van der Waals surface area contributed by atoms with Crippen LogP contribution >= 0.6 is 11.6 Å². The predicted molar refractivity (Wildman–Crippen MR) is 118 cm³/mol. The van der Waals surface area contributed by atoms with Gasteiger partial charge in [-0.1, -0.05) is 47.1 Å². The second-order valence-corrected chi connectivity index (χ2v) is 7.89. The van der Waals surface area contributed by atoms with Gasteiger partial charge in [-0.25, -0.2) is 0 Å². The Morgan fingerprint density at radius 1 is 1.07 bits per heavy atom. The Morgan fingerprint density at radius 2 is 1.80 bits per heavy atom. The fourth-order valence-electron chi connectivity index (χ4n) is 3.75. The van der Waals surface area contributed by atoms with Gasteiger partial charge in [0, 0.05) is 22.8 Å². The van der Waals surface area contributed by atoms with Gasteiger partial charge in [0.05, 0.1) is 6.42 Å². The molecular weight excluding hydrogens is 400 g/mol. The van der Waals surface area contributed by atoms with Crippen molar-refractivity contribution < 1.29 is 9.90 Å². The summed E-state index contributed by atoms with van der Waals surface area (Å²) >= 11 is 6.15. The summed E-state index contributed by atoms with van der Waals surface area (Å²) in [6.07, 6.45) is 2.14. The molecule has 0 aliphatic heterocycles. The monoisotopic (exact) mass is 422 g/mol. The molecule has 0 saturated heterocycles. The van der Waals surface area contributed by atoms with E-state index in [1.807, 2.05) is 68.4 Å². The van der Waals surface area contributed by atoms with E-state index in [1.54, 1.807) is 6.20 Å². The maximum Gasteiger partial charge on any atom is 0.307 e. The lowest BCUT2D eigenvalue weighted by atomic mass is 9.82. The summed E-state index contributed by atoms with van der Waals surface area (Å²) in [6.45, 7) is 3.88. The van der Waals surface area contributed by atoms with Gasteiger partial charge in [0.1, 0.15) is 6.04 Å². The highest BCUT2D eigenvalue weighted by Gasteiger charge is 2.24. The normalized spacial score (nSPS) is 12.9. The first-order chi connectivity index (χ1) is 14.4. The topological polar surface area (TPSA) is 79.6 Å². The fourth-order valence-corrected chi connectivity index (χ4v) is 3.98. The molecule has 0 saturated carbocycles. The van der Waals surface area contributed by atoms with Crippen molar-refractivity contribution in [2.45, 2.75) is 38.6 Å². The summed E-state index contributed by atoms with van der Waals surface area (Å²) in [5.74, 6) is -0.969. The molecule has 1 N–H and O–H groups in total. The van der Waals surface area contributed by atoms with Crippen LogP contribution in [-0.2, 0) is 11.2 Å². The number of halogens is 1. The Bertz CT molecular complexity index is 1050. The van der Waals surface area contributed by atoms with Crippen molar-refractivity contribution in [2.24, 2.45) is 5.18 Å². The zero-order chi connectivity index (χ0) is 21.7. The second kappa shape index (κ2) is 9.63. The van der Waals surface area contributed by atoms with Crippen LogP contribution in [0.2, 0.25) is 5.02 Å². The molecule has 0 bridgehead atoms. The van der Waals surface area contributed by atoms with E-state index in [2.05, 4.69) is 10.2 Å². The molecule has 3 aromatic rings. The molecule has 0 radical (unpaired) electrons. The largest absolute Gasteiger partial charge is 0.481 e. The first kappa shape index (κ1) is 21.7. The number of benzene rings is 2. The van der Waals surface area contributed by atoms with Crippen LogP contribution in [-0.4, -0.2) is 16.1 Å². The van der Waals surface area contributed by atoms with Crippen molar-refractivity contribution >= 4 is 17.6 Å². The molecule has 2 aromatic carbocycles. The molecule has 1 unspecified atom stereocenters. The molecule has 6 heteroatoms. The molecule has 2 atom stereocenters. The van der Waals surface area contributed by atoms with E-state index in [0.29, 0.717) is 11.4 Å². The lowest BCUT2D eigenvalue weighted by Crippen LogP contribution is -2.09. The highest BCUT2D eigenvalue weighted by molar-refractivity contribution is 6.30. The van der Waals surface area contributed by atoms with E-state index < -0.39 is 12.0 Å². The van der Waals surface area contributed by atoms with Gasteiger partial charge in [0.15, 0.2) is 0 Å². The number of aromatic nitrogens is 1. The van der Waals surface area contributed by atoms with Gasteiger partial charge in [0.25, 0.3) is 0 Å². The number of carboxylic acids is 1. The first-order valence-electron chi connectivity index (χ1n) is 9.69. The average molecular weight is 423 g/mol. The molecule has 0 fully saturated rings. The molecule has 1 aromatic heterocycles. The third kappa shape index (κ3) is 5.30. The summed E-state index contributed by atoms with van der Waals surface area (Å²) < 4.78 is 0. The van der Waals surface area contributed by atoms with E-state index in [1.165, 1.54) is 0 Å². The number of carbonyl (C=O) groups is 1. The van der Waals surface area contributed by atoms with Gasteiger partial charge in [0.2, 0.25) is 0 Å². The third-order valence-electron chi connectivity index (χ3n) is 5.24. The van der Waals surface area contributed by atoms with Gasteiger partial charge in [-0.05, 0) is 72.4 Å². The molecular formula is C24H23ClN2O3. The van der Waals surface area contributed by atoms with Gasteiger partial charge >= 0.3 is 5.97 Å². The van der Waals surface area contributed by atoms with Crippen LogP contribution in [0.5, 0.6) is 0 Å². The van der Waals surface area contributed by atoms with Crippen molar-refractivity contribution in [2.75, 3.05) is 0 Å². The maximum absolute atomic E-state index is 11.8. The summed E-state index contributed by atoms with van der Waals surface area (Å²) in [5, 5.41) is 13.1. The molecule has 1 heterocycles. The molecule has 5 nitrogen and oxygen atoms in total. The SMILES string of the molecule is Cc1cc(C(C[C@H](c2ccc(CC(=O)O)cc2)c2ccc(Cl)cc2C)N=O)ccn1. The number of pyridine rings is 1. The van der Waals surface area contributed by atoms with Crippen molar-refractivity contribution in [1.82, 2.24) is 4.98 Å². The number of aliphatic carboxylic acids is 1. The molecule has 0 aliphatic rings. The van der Waals surface area contributed by atoms with Crippen molar-refractivity contribution in [3.63, 3.8) is 0 Å². The van der Waals surface area contributed by atoms with Crippen LogP contribution in [0.1, 0.15) is 51.9 Å². The highest BCUT2D eigenvalue weighted by atomic mass is 35.5. The molecule has 0 spiro atoms. The van der Waals surface area contributed by atoms with Gasteiger partial charge < -0.3 is 5.11 Å². The number of hydrogen-bond acceptors (Lipinski definition) is 4. The number of hydrogen-bond donors (Lipinski definition) is 1. The predicted octanol–water partition coefficient (Wildman–Crippen LogP) is 6.01. The standard InChI is InChI=1S/C24H23ClN2O3/c1-15-11-20(25)7-8-21(15)22(18-5-3-17(4-6-18)13-24(28)29)14-23(27-30)19-9-10-26-16(2)12-19/h3-12,22-23H,13-14H2,1-2H3,(H,28,29)/t22-,23?/m1/s1. The quantitative estimate of drug-likeness (QED) is 0.451. The number of carboxylic acid groups (broad SMARTS) is 1. The third-order valence-corrected chi connectivity index (χ3v) is 5.47. The highest BCUT2D eigenvalue weighted by Crippen LogP contribution is 2.38. The number of nitrogens with zero attached hydrogens (tertiary/aromatic N) is 2. The second-order valence-electron chi connectivity index (χ2n) is 7.45. The Morgan fingerprint density at radius 3 is 2.40 bits per heavy atom. The number of nitroso groups, excluding NO2 is 1. The Hall–Kier alpha value is -3.05. The Balaban J connectivity index is 2.00. The lowest BCUT2D eigenvalue weighted by molar-refractivity contribution is -0.136. The van der Waals surface area contributed by atoms with Crippen molar-refractivity contribution in [3.8, 4) is 0 Å². The maximum atomic E-state index is 11.8. The average Bonchev–Trinajstić information content (AvgIpc) is 2.70. The van der Waals surface area contributed by atoms with Crippen LogP contribution in [0.25, 0.3) is 0 Å².